The second-order valence-corrected chi connectivity index (χ2v) is 5.84. The summed E-state index contributed by atoms with van der Waals surface area (Å²) in [5.41, 5.74) is -1.94. The lowest BCUT2D eigenvalue weighted by Crippen LogP contribution is -2.28. The molecule has 6 heteroatoms. The molecule has 0 aliphatic rings. The molecule has 0 atom stereocenters. The van der Waals surface area contributed by atoms with Crippen molar-refractivity contribution in [2.75, 3.05) is 0 Å². The predicted octanol–water partition coefficient (Wildman–Crippen LogP) is 2.59. The Labute approximate surface area is 112 Å². The Hall–Kier alpha value is -1.56. The number of aliphatic carboxylic acids is 2. The highest BCUT2D eigenvalue weighted by Gasteiger charge is 2.34. The zero-order chi connectivity index (χ0) is 15.4. The summed E-state index contributed by atoms with van der Waals surface area (Å²) in [6, 6.07) is 0. The fourth-order valence-corrected chi connectivity index (χ4v) is 1.16. The molecular formula is C13H22O6. The average Bonchev–Trinajstić information content (AvgIpc) is 2.21. The SMILES string of the molecule is CCC(C)(C)OOC(C(=O)O)=C(C(=O)O)C(C)(C)C. The van der Waals surface area contributed by atoms with E-state index in [1.807, 2.05) is 6.92 Å². The molecule has 0 unspecified atom stereocenters. The Balaban J connectivity index is 5.51. The average molecular weight is 274 g/mol. The Bertz CT molecular complexity index is 386. The third-order valence-electron chi connectivity index (χ3n) is 2.59. The molecule has 19 heavy (non-hydrogen) atoms. The first-order chi connectivity index (χ1) is 8.42. The van der Waals surface area contributed by atoms with Gasteiger partial charge in [0.05, 0.1) is 5.57 Å². The molecule has 110 valence electrons. The lowest BCUT2D eigenvalue weighted by molar-refractivity contribution is -0.327. The van der Waals surface area contributed by atoms with Crippen molar-refractivity contribution in [1.82, 2.24) is 0 Å². The van der Waals surface area contributed by atoms with Gasteiger partial charge < -0.3 is 15.1 Å². The lowest BCUT2D eigenvalue weighted by atomic mass is 9.85. The van der Waals surface area contributed by atoms with Crippen LogP contribution in [0.25, 0.3) is 0 Å². The number of hydrogen-bond donors (Lipinski definition) is 2. The van der Waals surface area contributed by atoms with Crippen molar-refractivity contribution in [3.8, 4) is 0 Å². The molecule has 0 aromatic rings. The quantitative estimate of drug-likeness (QED) is 0.335. The smallest absolute Gasteiger partial charge is 0.375 e. The van der Waals surface area contributed by atoms with Crippen LogP contribution in [0.15, 0.2) is 11.3 Å². The van der Waals surface area contributed by atoms with E-state index in [1.165, 1.54) is 0 Å². The topological polar surface area (TPSA) is 93.1 Å². The number of carboxylic acids is 2. The van der Waals surface area contributed by atoms with Gasteiger partial charge in [0.2, 0.25) is 0 Å². The summed E-state index contributed by atoms with van der Waals surface area (Å²) < 4.78 is 0. The van der Waals surface area contributed by atoms with Crippen molar-refractivity contribution in [1.29, 1.82) is 0 Å². The Morgan fingerprint density at radius 2 is 1.47 bits per heavy atom. The molecule has 0 aliphatic carbocycles. The molecule has 0 saturated carbocycles. The lowest BCUT2D eigenvalue weighted by Gasteiger charge is -2.25. The van der Waals surface area contributed by atoms with E-state index in [1.54, 1.807) is 34.6 Å². The van der Waals surface area contributed by atoms with Gasteiger partial charge in [-0.15, -0.1) is 0 Å². The summed E-state index contributed by atoms with van der Waals surface area (Å²) >= 11 is 0. The molecule has 0 aromatic heterocycles. The molecule has 0 saturated heterocycles. The van der Waals surface area contributed by atoms with Gasteiger partial charge in [-0.3, -0.25) is 0 Å². The normalized spacial score (nSPS) is 13.8. The predicted molar refractivity (Wildman–Crippen MR) is 68.3 cm³/mol. The van der Waals surface area contributed by atoms with E-state index in [-0.39, 0.29) is 5.57 Å². The third-order valence-corrected chi connectivity index (χ3v) is 2.59. The molecule has 0 aliphatic heterocycles. The van der Waals surface area contributed by atoms with Crippen molar-refractivity contribution < 1.29 is 29.6 Å². The minimum atomic E-state index is -1.47. The summed E-state index contributed by atoms with van der Waals surface area (Å²) in [5, 5.41) is 18.3. The van der Waals surface area contributed by atoms with Crippen molar-refractivity contribution in [3.05, 3.63) is 11.3 Å². The van der Waals surface area contributed by atoms with E-state index in [9.17, 15) is 9.59 Å². The fourth-order valence-electron chi connectivity index (χ4n) is 1.16. The second kappa shape index (κ2) is 6.06. The zero-order valence-corrected chi connectivity index (χ0v) is 12.2. The van der Waals surface area contributed by atoms with Gasteiger partial charge in [0.15, 0.2) is 0 Å². The number of rotatable bonds is 6. The molecule has 0 amide bonds. The van der Waals surface area contributed by atoms with E-state index in [4.69, 9.17) is 20.0 Å². The zero-order valence-electron chi connectivity index (χ0n) is 12.2. The largest absolute Gasteiger partial charge is 0.478 e. The highest BCUT2D eigenvalue weighted by atomic mass is 17.2. The van der Waals surface area contributed by atoms with Crippen LogP contribution in [0, 0.1) is 5.41 Å². The summed E-state index contributed by atoms with van der Waals surface area (Å²) in [6.45, 7) is 10.0. The Morgan fingerprint density at radius 3 is 1.74 bits per heavy atom. The number of hydrogen-bond acceptors (Lipinski definition) is 4. The van der Waals surface area contributed by atoms with Crippen molar-refractivity contribution in [3.63, 3.8) is 0 Å². The van der Waals surface area contributed by atoms with Gasteiger partial charge in [-0.2, -0.15) is 4.89 Å². The van der Waals surface area contributed by atoms with Crippen LogP contribution in [0.5, 0.6) is 0 Å². The van der Waals surface area contributed by atoms with Crippen LogP contribution in [0.4, 0.5) is 0 Å². The maximum atomic E-state index is 11.2. The highest BCUT2D eigenvalue weighted by Crippen LogP contribution is 2.30. The van der Waals surface area contributed by atoms with Gasteiger partial charge in [0.25, 0.3) is 5.76 Å². The van der Waals surface area contributed by atoms with E-state index >= 15 is 0 Å². The van der Waals surface area contributed by atoms with Gasteiger partial charge in [0.1, 0.15) is 5.60 Å². The van der Waals surface area contributed by atoms with Gasteiger partial charge in [-0.05, 0) is 25.7 Å². The number of carbonyl (C=O) groups is 2. The summed E-state index contributed by atoms with van der Waals surface area (Å²) in [4.78, 5) is 32.2. The molecule has 6 nitrogen and oxygen atoms in total. The van der Waals surface area contributed by atoms with Gasteiger partial charge in [-0.25, -0.2) is 9.59 Å². The highest BCUT2D eigenvalue weighted by molar-refractivity contribution is 5.98. The van der Waals surface area contributed by atoms with Crippen molar-refractivity contribution in [2.45, 2.75) is 53.6 Å². The van der Waals surface area contributed by atoms with Gasteiger partial charge >= 0.3 is 11.9 Å². The molecule has 2 N–H and O–H groups in total. The Morgan fingerprint density at radius 1 is 1.00 bits per heavy atom. The first-order valence-electron chi connectivity index (χ1n) is 5.99. The van der Waals surface area contributed by atoms with Crippen LogP contribution >= 0.6 is 0 Å². The summed E-state index contributed by atoms with van der Waals surface area (Å²) in [7, 11) is 0. The standard InChI is InChI=1S/C13H22O6/c1-7-13(5,6)19-18-9(11(16)17)8(10(14)15)12(2,3)4/h7H2,1-6H3,(H,14,15)(H,16,17). The van der Waals surface area contributed by atoms with Crippen molar-refractivity contribution in [2.24, 2.45) is 5.41 Å². The van der Waals surface area contributed by atoms with Crippen LogP contribution in [-0.2, 0) is 19.4 Å². The van der Waals surface area contributed by atoms with Gasteiger partial charge in [0, 0.05) is 0 Å². The Kier molecular flexibility index (Phi) is 5.56. The van der Waals surface area contributed by atoms with E-state index in [2.05, 4.69) is 0 Å². The molecule has 0 spiro atoms. The molecule has 0 aromatic carbocycles. The molecular weight excluding hydrogens is 252 g/mol. The molecule has 0 fully saturated rings. The summed E-state index contributed by atoms with van der Waals surface area (Å²) in [5.74, 6) is -3.51. The minimum Gasteiger partial charge on any atom is -0.478 e. The van der Waals surface area contributed by atoms with Crippen LogP contribution in [0.1, 0.15) is 48.0 Å². The van der Waals surface area contributed by atoms with Crippen LogP contribution in [0.2, 0.25) is 0 Å². The van der Waals surface area contributed by atoms with Gasteiger partial charge in [-0.1, -0.05) is 27.7 Å². The number of carboxylic acid groups (broad SMARTS) is 2. The first-order valence-corrected chi connectivity index (χ1v) is 5.99. The maximum Gasteiger partial charge on any atom is 0.375 e. The second-order valence-electron chi connectivity index (χ2n) is 5.84. The van der Waals surface area contributed by atoms with Crippen LogP contribution in [0.3, 0.4) is 0 Å². The molecule has 0 rings (SSSR count). The van der Waals surface area contributed by atoms with E-state index < -0.39 is 28.7 Å². The maximum absolute atomic E-state index is 11.2. The first kappa shape index (κ1) is 17.4. The fraction of sp³-hybridized carbons (Fsp3) is 0.692. The molecule has 0 bridgehead atoms. The van der Waals surface area contributed by atoms with E-state index in [0.717, 1.165) is 0 Å². The molecule has 0 radical (unpaired) electrons. The van der Waals surface area contributed by atoms with Crippen molar-refractivity contribution >= 4 is 11.9 Å². The van der Waals surface area contributed by atoms with Crippen LogP contribution < -0.4 is 0 Å². The minimum absolute atomic E-state index is 0.341. The third kappa shape index (κ3) is 5.30. The van der Waals surface area contributed by atoms with Crippen LogP contribution in [-0.4, -0.2) is 27.8 Å². The monoisotopic (exact) mass is 274 g/mol. The van der Waals surface area contributed by atoms with E-state index in [0.29, 0.717) is 6.42 Å². The molecule has 0 heterocycles. The summed E-state index contributed by atoms with van der Waals surface area (Å²) in [6.07, 6.45) is 0.581.